The molecule has 0 aliphatic heterocycles. The van der Waals surface area contributed by atoms with E-state index >= 15 is 0 Å². The topological polar surface area (TPSA) is 63.6 Å². The maximum Gasteiger partial charge on any atom is 0.164 e. The summed E-state index contributed by atoms with van der Waals surface area (Å²) in [5, 5.41) is 7.51. The van der Waals surface area contributed by atoms with Gasteiger partial charge in [-0.25, -0.2) is 19.9 Å². The molecule has 4 aromatic rings. The fourth-order valence-electron chi connectivity index (χ4n) is 2.49. The molecule has 3 heterocycles. The van der Waals surface area contributed by atoms with E-state index in [1.54, 1.807) is 17.5 Å². The summed E-state index contributed by atoms with van der Waals surface area (Å²) in [6, 6.07) is 14.1. The molecule has 0 unspecified atom stereocenters. The highest BCUT2D eigenvalue weighted by molar-refractivity contribution is 7.09. The summed E-state index contributed by atoms with van der Waals surface area (Å²) in [7, 11) is 0. The first-order valence-electron chi connectivity index (χ1n) is 7.69. The Bertz CT molecular complexity index is 946. The minimum Gasteiger partial charge on any atom is -0.369 e. The van der Waals surface area contributed by atoms with Crippen LogP contribution < -0.4 is 5.32 Å². The van der Waals surface area contributed by atoms with Crippen LogP contribution in [-0.2, 0) is 6.42 Å². The van der Waals surface area contributed by atoms with Gasteiger partial charge in [-0.05, 0) is 12.1 Å². The van der Waals surface area contributed by atoms with E-state index in [4.69, 9.17) is 4.98 Å². The van der Waals surface area contributed by atoms with Crippen molar-refractivity contribution in [2.24, 2.45) is 0 Å². The van der Waals surface area contributed by atoms with E-state index in [1.807, 2.05) is 30.3 Å². The van der Waals surface area contributed by atoms with Crippen molar-refractivity contribution in [3.63, 3.8) is 0 Å². The number of pyridine rings is 1. The zero-order chi connectivity index (χ0) is 16.2. The maximum absolute atomic E-state index is 4.71. The SMILES string of the molecule is c1ccc(-c2csc(CCNc3ncnc4ncccc34)n2)cc1. The van der Waals surface area contributed by atoms with Gasteiger partial charge in [-0.1, -0.05) is 30.3 Å². The van der Waals surface area contributed by atoms with Gasteiger partial charge in [0.2, 0.25) is 0 Å². The second-order valence-electron chi connectivity index (χ2n) is 5.27. The van der Waals surface area contributed by atoms with Crippen molar-refractivity contribution in [1.82, 2.24) is 19.9 Å². The van der Waals surface area contributed by atoms with E-state index in [-0.39, 0.29) is 0 Å². The van der Waals surface area contributed by atoms with Gasteiger partial charge in [0.15, 0.2) is 5.65 Å². The predicted octanol–water partition coefficient (Wildman–Crippen LogP) is 3.80. The molecular weight excluding hydrogens is 318 g/mol. The molecule has 4 rings (SSSR count). The van der Waals surface area contributed by atoms with E-state index in [2.05, 4.69) is 37.8 Å². The molecule has 0 atom stereocenters. The first-order valence-corrected chi connectivity index (χ1v) is 8.57. The van der Waals surface area contributed by atoms with Crippen molar-refractivity contribution >= 4 is 28.2 Å². The van der Waals surface area contributed by atoms with Crippen molar-refractivity contribution < 1.29 is 0 Å². The van der Waals surface area contributed by atoms with Crippen LogP contribution in [0, 0.1) is 0 Å². The predicted molar refractivity (Wildman–Crippen MR) is 97.1 cm³/mol. The Morgan fingerprint density at radius 3 is 2.79 bits per heavy atom. The molecule has 0 aliphatic rings. The van der Waals surface area contributed by atoms with Gasteiger partial charge >= 0.3 is 0 Å². The average molecular weight is 333 g/mol. The second kappa shape index (κ2) is 6.72. The normalized spacial score (nSPS) is 10.8. The Kier molecular flexibility index (Phi) is 4.12. The monoisotopic (exact) mass is 333 g/mol. The highest BCUT2D eigenvalue weighted by atomic mass is 32.1. The lowest BCUT2D eigenvalue weighted by atomic mass is 10.2. The molecular formula is C18H15N5S. The molecule has 1 N–H and O–H groups in total. The third-order valence-corrected chi connectivity index (χ3v) is 4.57. The molecule has 1 aromatic carbocycles. The van der Waals surface area contributed by atoms with Gasteiger partial charge in [0, 0.05) is 30.1 Å². The van der Waals surface area contributed by atoms with Gasteiger partial charge in [0.25, 0.3) is 0 Å². The molecule has 0 amide bonds. The van der Waals surface area contributed by atoms with Gasteiger partial charge < -0.3 is 5.32 Å². The summed E-state index contributed by atoms with van der Waals surface area (Å²) >= 11 is 1.69. The highest BCUT2D eigenvalue weighted by Gasteiger charge is 2.06. The van der Waals surface area contributed by atoms with Crippen LogP contribution in [0.2, 0.25) is 0 Å². The number of benzene rings is 1. The number of fused-ring (bicyclic) bond motifs is 1. The molecule has 6 heteroatoms. The van der Waals surface area contributed by atoms with Gasteiger partial charge in [-0.2, -0.15) is 0 Å². The number of nitrogens with zero attached hydrogens (tertiary/aromatic N) is 4. The Hall–Kier alpha value is -2.86. The summed E-state index contributed by atoms with van der Waals surface area (Å²) in [6.07, 6.45) is 4.12. The molecule has 0 saturated heterocycles. The van der Waals surface area contributed by atoms with E-state index in [0.717, 1.165) is 40.4 Å². The van der Waals surface area contributed by atoms with Crippen LogP contribution in [0.25, 0.3) is 22.3 Å². The van der Waals surface area contributed by atoms with Crippen molar-refractivity contribution in [3.8, 4) is 11.3 Å². The first-order chi connectivity index (χ1) is 11.9. The van der Waals surface area contributed by atoms with E-state index in [1.165, 1.54) is 6.33 Å². The number of rotatable bonds is 5. The lowest BCUT2D eigenvalue weighted by Crippen LogP contribution is -2.07. The smallest absolute Gasteiger partial charge is 0.164 e. The zero-order valence-electron chi connectivity index (χ0n) is 12.9. The van der Waals surface area contributed by atoms with Crippen LogP contribution in [0.3, 0.4) is 0 Å². The standard InChI is InChI=1S/C18H15N5S/c1-2-5-13(6-3-1)15-11-24-16(23-15)8-10-20-18-14-7-4-9-19-17(14)21-12-22-18/h1-7,9,11-12H,8,10H2,(H,19,20,21,22). The van der Waals surface area contributed by atoms with Crippen LogP contribution >= 0.6 is 11.3 Å². The van der Waals surface area contributed by atoms with Crippen LogP contribution in [0.5, 0.6) is 0 Å². The van der Waals surface area contributed by atoms with E-state index < -0.39 is 0 Å². The number of nitrogens with one attached hydrogen (secondary N) is 1. The summed E-state index contributed by atoms with van der Waals surface area (Å²) in [4.78, 5) is 17.4. The number of hydrogen-bond acceptors (Lipinski definition) is 6. The highest BCUT2D eigenvalue weighted by Crippen LogP contribution is 2.22. The van der Waals surface area contributed by atoms with E-state index in [9.17, 15) is 0 Å². The van der Waals surface area contributed by atoms with Crippen molar-refractivity contribution in [3.05, 3.63) is 65.4 Å². The third kappa shape index (κ3) is 3.09. The Morgan fingerprint density at radius 2 is 1.88 bits per heavy atom. The van der Waals surface area contributed by atoms with Gasteiger partial charge in [-0.3, -0.25) is 0 Å². The second-order valence-corrected chi connectivity index (χ2v) is 6.21. The van der Waals surface area contributed by atoms with Crippen molar-refractivity contribution in [1.29, 1.82) is 0 Å². The Morgan fingerprint density at radius 1 is 0.958 bits per heavy atom. The number of hydrogen-bond donors (Lipinski definition) is 1. The minimum atomic E-state index is 0.704. The van der Waals surface area contributed by atoms with Gasteiger partial charge in [0.05, 0.1) is 16.1 Å². The van der Waals surface area contributed by atoms with Crippen LogP contribution in [0.15, 0.2) is 60.4 Å². The number of anilines is 1. The quantitative estimate of drug-likeness (QED) is 0.602. The maximum atomic E-state index is 4.71. The molecule has 118 valence electrons. The Balaban J connectivity index is 1.43. The van der Waals surface area contributed by atoms with E-state index in [0.29, 0.717) is 5.65 Å². The Labute approximate surface area is 143 Å². The molecule has 3 aromatic heterocycles. The number of aromatic nitrogens is 4. The van der Waals surface area contributed by atoms with Gasteiger partial charge in [-0.15, -0.1) is 11.3 Å². The number of thiazole rings is 1. The summed E-state index contributed by atoms with van der Waals surface area (Å²) in [6.45, 7) is 0.767. The summed E-state index contributed by atoms with van der Waals surface area (Å²) < 4.78 is 0. The zero-order valence-corrected chi connectivity index (χ0v) is 13.7. The summed E-state index contributed by atoms with van der Waals surface area (Å²) in [5.74, 6) is 0.813. The lowest BCUT2D eigenvalue weighted by Gasteiger charge is -2.06. The minimum absolute atomic E-state index is 0.704. The molecule has 0 bridgehead atoms. The fraction of sp³-hybridized carbons (Fsp3) is 0.111. The largest absolute Gasteiger partial charge is 0.369 e. The van der Waals surface area contributed by atoms with Crippen LogP contribution in [0.1, 0.15) is 5.01 Å². The summed E-state index contributed by atoms with van der Waals surface area (Å²) in [5.41, 5.74) is 2.89. The van der Waals surface area contributed by atoms with Gasteiger partial charge in [0.1, 0.15) is 12.1 Å². The molecule has 0 aliphatic carbocycles. The molecule has 5 nitrogen and oxygen atoms in total. The van der Waals surface area contributed by atoms with Crippen LogP contribution in [-0.4, -0.2) is 26.5 Å². The molecule has 24 heavy (non-hydrogen) atoms. The van der Waals surface area contributed by atoms with Crippen LogP contribution in [0.4, 0.5) is 5.82 Å². The average Bonchev–Trinajstić information content (AvgIpc) is 3.12. The molecule has 0 saturated carbocycles. The molecule has 0 fully saturated rings. The molecule has 0 radical (unpaired) electrons. The van der Waals surface area contributed by atoms with Crippen molar-refractivity contribution in [2.45, 2.75) is 6.42 Å². The fourth-order valence-corrected chi connectivity index (χ4v) is 3.30. The lowest BCUT2D eigenvalue weighted by molar-refractivity contribution is 0.988. The van der Waals surface area contributed by atoms with Crippen molar-refractivity contribution in [2.75, 3.05) is 11.9 Å². The first kappa shape index (κ1) is 14.7. The molecule has 0 spiro atoms. The third-order valence-electron chi connectivity index (χ3n) is 3.66.